The molecule has 4 heteroatoms. The summed E-state index contributed by atoms with van der Waals surface area (Å²) in [7, 11) is 1.58. The van der Waals surface area contributed by atoms with Crippen LogP contribution in [-0.2, 0) is 11.2 Å². The first-order valence-corrected chi connectivity index (χ1v) is 4.38. The lowest BCUT2D eigenvalue weighted by Gasteiger charge is -2.02. The van der Waals surface area contributed by atoms with Gasteiger partial charge in [0.15, 0.2) is 0 Å². The van der Waals surface area contributed by atoms with Gasteiger partial charge >= 0.3 is 0 Å². The monoisotopic (exact) mass is 195 g/mol. The van der Waals surface area contributed by atoms with Crippen LogP contribution in [0, 0.1) is 17.0 Å². The number of nitro benzene ring substituents is 1. The fourth-order valence-corrected chi connectivity index (χ4v) is 1.27. The van der Waals surface area contributed by atoms with Crippen LogP contribution in [0.25, 0.3) is 0 Å². The third-order valence-electron chi connectivity index (χ3n) is 2.01. The molecule has 0 bridgehead atoms. The molecule has 14 heavy (non-hydrogen) atoms. The zero-order chi connectivity index (χ0) is 10.6. The zero-order valence-electron chi connectivity index (χ0n) is 8.32. The predicted octanol–water partition coefficient (Wildman–Crippen LogP) is 2.09. The second kappa shape index (κ2) is 4.72. The Bertz CT molecular complexity index is 336. The fourth-order valence-electron chi connectivity index (χ4n) is 1.27. The first kappa shape index (κ1) is 10.7. The molecule has 0 radical (unpaired) electrons. The number of aryl methyl sites for hydroxylation is 1. The van der Waals surface area contributed by atoms with Gasteiger partial charge in [-0.3, -0.25) is 10.1 Å². The lowest BCUT2D eigenvalue weighted by Crippen LogP contribution is -2.00. The number of benzene rings is 1. The van der Waals surface area contributed by atoms with Gasteiger partial charge < -0.3 is 4.74 Å². The third kappa shape index (κ3) is 2.53. The number of nitrogens with zero attached hydrogens (tertiary/aromatic N) is 1. The standard InChI is InChI=1S/C10H13NO3/c1-8-3-4-9(5-6-14-2)10(7-8)11(12)13/h3-4,7H,5-6H2,1-2H3. The maximum atomic E-state index is 10.7. The molecule has 0 aliphatic carbocycles. The Balaban J connectivity index is 2.96. The van der Waals surface area contributed by atoms with Crippen LogP contribution in [0.3, 0.4) is 0 Å². The fraction of sp³-hybridized carbons (Fsp3) is 0.400. The van der Waals surface area contributed by atoms with E-state index in [1.807, 2.05) is 13.0 Å². The zero-order valence-corrected chi connectivity index (χ0v) is 8.32. The molecule has 0 unspecified atom stereocenters. The van der Waals surface area contributed by atoms with Gasteiger partial charge in [-0.15, -0.1) is 0 Å². The van der Waals surface area contributed by atoms with E-state index in [4.69, 9.17) is 4.74 Å². The minimum absolute atomic E-state index is 0.182. The van der Waals surface area contributed by atoms with Crippen molar-refractivity contribution >= 4 is 5.69 Å². The van der Waals surface area contributed by atoms with Crippen LogP contribution in [0.15, 0.2) is 18.2 Å². The Labute approximate surface area is 82.7 Å². The molecule has 1 aromatic rings. The van der Waals surface area contributed by atoms with Crippen molar-refractivity contribution in [2.75, 3.05) is 13.7 Å². The molecule has 0 aromatic heterocycles. The molecule has 1 aromatic carbocycles. The predicted molar refractivity (Wildman–Crippen MR) is 53.4 cm³/mol. The van der Waals surface area contributed by atoms with Crippen molar-refractivity contribution in [3.05, 3.63) is 39.4 Å². The molecule has 76 valence electrons. The van der Waals surface area contributed by atoms with E-state index in [0.717, 1.165) is 11.1 Å². The van der Waals surface area contributed by atoms with Gasteiger partial charge in [0, 0.05) is 25.2 Å². The second-order valence-corrected chi connectivity index (χ2v) is 3.13. The molecule has 4 nitrogen and oxygen atoms in total. The minimum Gasteiger partial charge on any atom is -0.384 e. The number of ether oxygens (including phenoxy) is 1. The highest BCUT2D eigenvalue weighted by Gasteiger charge is 2.12. The van der Waals surface area contributed by atoms with Crippen molar-refractivity contribution in [1.29, 1.82) is 0 Å². The van der Waals surface area contributed by atoms with Crippen LogP contribution in [0.1, 0.15) is 11.1 Å². The smallest absolute Gasteiger partial charge is 0.272 e. The SMILES string of the molecule is COCCc1ccc(C)cc1[N+](=O)[O-]. The molecule has 0 spiro atoms. The Morgan fingerprint density at radius 2 is 2.21 bits per heavy atom. The maximum Gasteiger partial charge on any atom is 0.272 e. The second-order valence-electron chi connectivity index (χ2n) is 3.13. The van der Waals surface area contributed by atoms with E-state index in [1.54, 1.807) is 19.2 Å². The lowest BCUT2D eigenvalue weighted by atomic mass is 10.1. The molecule has 0 heterocycles. The van der Waals surface area contributed by atoms with Crippen molar-refractivity contribution in [2.24, 2.45) is 0 Å². The third-order valence-corrected chi connectivity index (χ3v) is 2.01. The number of methoxy groups -OCH3 is 1. The van der Waals surface area contributed by atoms with Crippen molar-refractivity contribution < 1.29 is 9.66 Å². The molecule has 0 aliphatic rings. The van der Waals surface area contributed by atoms with E-state index in [-0.39, 0.29) is 10.6 Å². The number of nitro groups is 1. The maximum absolute atomic E-state index is 10.7. The van der Waals surface area contributed by atoms with Crippen molar-refractivity contribution in [2.45, 2.75) is 13.3 Å². The van der Waals surface area contributed by atoms with Crippen molar-refractivity contribution in [3.63, 3.8) is 0 Å². The molecule has 0 saturated heterocycles. The van der Waals surface area contributed by atoms with Crippen LogP contribution in [0.4, 0.5) is 5.69 Å². The van der Waals surface area contributed by atoms with Crippen LogP contribution in [0.5, 0.6) is 0 Å². The highest BCUT2D eigenvalue weighted by Crippen LogP contribution is 2.20. The van der Waals surface area contributed by atoms with Crippen LogP contribution < -0.4 is 0 Å². The largest absolute Gasteiger partial charge is 0.384 e. The minimum atomic E-state index is -0.349. The average Bonchev–Trinajstić information content (AvgIpc) is 2.15. The summed E-state index contributed by atoms with van der Waals surface area (Å²) in [6.45, 7) is 2.34. The molecule has 0 amide bonds. The highest BCUT2D eigenvalue weighted by atomic mass is 16.6. The molecule has 0 aliphatic heterocycles. The summed E-state index contributed by atoms with van der Waals surface area (Å²) in [5.74, 6) is 0. The molecule has 0 atom stereocenters. The molecule has 0 saturated carbocycles. The molecule has 1 rings (SSSR count). The Morgan fingerprint density at radius 1 is 1.50 bits per heavy atom. The van der Waals surface area contributed by atoms with E-state index in [9.17, 15) is 10.1 Å². The first-order chi connectivity index (χ1) is 6.65. The summed E-state index contributed by atoms with van der Waals surface area (Å²) in [5, 5.41) is 10.7. The van der Waals surface area contributed by atoms with E-state index >= 15 is 0 Å². The molecular weight excluding hydrogens is 182 g/mol. The number of rotatable bonds is 4. The highest BCUT2D eigenvalue weighted by molar-refractivity contribution is 5.43. The van der Waals surface area contributed by atoms with Gasteiger partial charge in [0.2, 0.25) is 0 Å². The topological polar surface area (TPSA) is 52.4 Å². The Hall–Kier alpha value is -1.42. The van der Waals surface area contributed by atoms with Gasteiger partial charge in [0.25, 0.3) is 5.69 Å². The molecule has 0 N–H and O–H groups in total. The van der Waals surface area contributed by atoms with Gasteiger partial charge in [-0.05, 0) is 12.5 Å². The average molecular weight is 195 g/mol. The van der Waals surface area contributed by atoms with Crippen LogP contribution in [0.2, 0.25) is 0 Å². The van der Waals surface area contributed by atoms with Crippen LogP contribution in [-0.4, -0.2) is 18.6 Å². The summed E-state index contributed by atoms with van der Waals surface area (Å²) in [6, 6.07) is 5.25. The number of hydrogen-bond acceptors (Lipinski definition) is 3. The molecular formula is C10H13NO3. The summed E-state index contributed by atoms with van der Waals surface area (Å²) in [4.78, 5) is 10.4. The van der Waals surface area contributed by atoms with E-state index in [2.05, 4.69) is 0 Å². The summed E-state index contributed by atoms with van der Waals surface area (Å²) >= 11 is 0. The summed E-state index contributed by atoms with van der Waals surface area (Å²) < 4.78 is 4.89. The van der Waals surface area contributed by atoms with E-state index < -0.39 is 0 Å². The Morgan fingerprint density at radius 3 is 2.79 bits per heavy atom. The summed E-state index contributed by atoms with van der Waals surface area (Å²) in [5.41, 5.74) is 1.81. The van der Waals surface area contributed by atoms with E-state index in [0.29, 0.717) is 13.0 Å². The van der Waals surface area contributed by atoms with Crippen molar-refractivity contribution in [3.8, 4) is 0 Å². The van der Waals surface area contributed by atoms with Gasteiger partial charge in [-0.1, -0.05) is 12.1 Å². The summed E-state index contributed by atoms with van der Waals surface area (Å²) in [6.07, 6.45) is 0.576. The lowest BCUT2D eigenvalue weighted by molar-refractivity contribution is -0.385. The van der Waals surface area contributed by atoms with E-state index in [1.165, 1.54) is 0 Å². The molecule has 0 fully saturated rings. The number of hydrogen-bond donors (Lipinski definition) is 0. The van der Waals surface area contributed by atoms with Gasteiger partial charge in [-0.2, -0.15) is 0 Å². The van der Waals surface area contributed by atoms with Gasteiger partial charge in [-0.25, -0.2) is 0 Å². The first-order valence-electron chi connectivity index (χ1n) is 4.38. The van der Waals surface area contributed by atoms with Gasteiger partial charge in [0.1, 0.15) is 0 Å². The normalized spacial score (nSPS) is 10.1. The van der Waals surface area contributed by atoms with Crippen LogP contribution >= 0.6 is 0 Å². The van der Waals surface area contributed by atoms with Gasteiger partial charge in [0.05, 0.1) is 11.5 Å². The Kier molecular flexibility index (Phi) is 3.59. The van der Waals surface area contributed by atoms with Crippen molar-refractivity contribution in [1.82, 2.24) is 0 Å². The quantitative estimate of drug-likeness (QED) is 0.546.